The number of hydrogen-bond acceptors (Lipinski definition) is 9. The second-order valence-corrected chi connectivity index (χ2v) is 11.5. The molecule has 1 aliphatic carbocycles. The van der Waals surface area contributed by atoms with Gasteiger partial charge >= 0.3 is 11.9 Å². The van der Waals surface area contributed by atoms with E-state index in [0.717, 1.165) is 25.7 Å². The van der Waals surface area contributed by atoms with Gasteiger partial charge in [0.2, 0.25) is 0 Å². The molecule has 1 aromatic rings. The Morgan fingerprint density at radius 3 is 2.40 bits per heavy atom. The molecule has 1 saturated carbocycles. The summed E-state index contributed by atoms with van der Waals surface area (Å²) in [7, 11) is 0. The molecule has 1 aliphatic rings. The van der Waals surface area contributed by atoms with Crippen molar-refractivity contribution in [3.05, 3.63) is 30.1 Å². The highest BCUT2D eigenvalue weighted by molar-refractivity contribution is 7.99. The van der Waals surface area contributed by atoms with Crippen molar-refractivity contribution in [2.75, 3.05) is 12.3 Å². The van der Waals surface area contributed by atoms with Gasteiger partial charge in [-0.05, 0) is 68.9 Å². The van der Waals surface area contributed by atoms with E-state index in [0.29, 0.717) is 55.7 Å². The molecule has 0 saturated heterocycles. The van der Waals surface area contributed by atoms with Crippen LogP contribution < -0.4 is 17.2 Å². The molecule has 0 unspecified atom stereocenters. The third kappa shape index (κ3) is 12.5. The fraction of sp³-hybridized carbons (Fsp3) is 0.679. The normalized spacial score (nSPS) is 22.0. The van der Waals surface area contributed by atoms with Gasteiger partial charge < -0.3 is 37.3 Å². The van der Waals surface area contributed by atoms with Crippen LogP contribution in [0.25, 0.3) is 0 Å². The summed E-state index contributed by atoms with van der Waals surface area (Å²) in [4.78, 5) is 28.2. The minimum atomic E-state index is -0.911. The Kier molecular flexibility index (Phi) is 15.5. The van der Waals surface area contributed by atoms with E-state index in [2.05, 4.69) is 4.99 Å². The van der Waals surface area contributed by atoms with Crippen molar-refractivity contribution in [1.29, 1.82) is 0 Å². The van der Waals surface area contributed by atoms with E-state index in [9.17, 15) is 29.3 Å². The molecule has 1 fully saturated rings. The van der Waals surface area contributed by atoms with Crippen LogP contribution in [0, 0.1) is 17.7 Å². The summed E-state index contributed by atoms with van der Waals surface area (Å²) in [5.74, 6) is -1.51. The molecule has 9 N–H and O–H groups in total. The van der Waals surface area contributed by atoms with Crippen LogP contribution >= 0.6 is 11.8 Å². The predicted molar refractivity (Wildman–Crippen MR) is 153 cm³/mol. The van der Waals surface area contributed by atoms with Crippen molar-refractivity contribution >= 4 is 29.7 Å². The molecule has 1 aromatic carbocycles. The number of carbonyl (C=O) groups excluding carboxylic acids is 2. The average Bonchev–Trinajstić information content (AvgIpc) is 3.17. The van der Waals surface area contributed by atoms with Crippen molar-refractivity contribution in [2.45, 2.75) is 99.9 Å². The highest BCUT2D eigenvalue weighted by atomic mass is 32.2. The highest BCUT2D eigenvalue weighted by Crippen LogP contribution is 2.39. The molecule has 12 heteroatoms. The largest absolute Gasteiger partial charge is 0.393 e. The number of aliphatic hydroxyl groups excluding tert-OH is 3. The maximum atomic E-state index is 13.8. The van der Waals surface area contributed by atoms with Gasteiger partial charge in [-0.15, -0.1) is 11.8 Å². The van der Waals surface area contributed by atoms with E-state index in [4.69, 9.17) is 21.9 Å². The molecule has 10 nitrogen and oxygen atoms in total. The van der Waals surface area contributed by atoms with Gasteiger partial charge in [0.1, 0.15) is 11.9 Å². The number of esters is 2. The maximum Gasteiger partial charge on any atom is 0.330 e. The summed E-state index contributed by atoms with van der Waals surface area (Å²) in [6.45, 7) is 0.340. The van der Waals surface area contributed by atoms with E-state index in [1.54, 1.807) is 18.2 Å². The van der Waals surface area contributed by atoms with Crippen LogP contribution in [-0.4, -0.2) is 69.9 Å². The van der Waals surface area contributed by atoms with Crippen LogP contribution in [0.5, 0.6) is 0 Å². The number of nitrogens with zero attached hydrogens (tertiary/aromatic N) is 1. The third-order valence-corrected chi connectivity index (χ3v) is 8.47. The number of hydrogen-bond donors (Lipinski definition) is 6. The number of aliphatic hydroxyl groups is 3. The van der Waals surface area contributed by atoms with E-state index in [1.807, 2.05) is 0 Å². The fourth-order valence-electron chi connectivity index (χ4n) is 5.08. The fourth-order valence-corrected chi connectivity index (χ4v) is 5.99. The number of benzene rings is 1. The minimum absolute atomic E-state index is 0.0351. The molecule has 40 heavy (non-hydrogen) atoms. The molecule has 0 bridgehead atoms. The van der Waals surface area contributed by atoms with Gasteiger partial charge in [0.15, 0.2) is 5.96 Å². The van der Waals surface area contributed by atoms with Gasteiger partial charge in [0.25, 0.3) is 0 Å². The van der Waals surface area contributed by atoms with Crippen molar-refractivity contribution < 1.29 is 34.0 Å². The molecule has 0 radical (unpaired) electrons. The van der Waals surface area contributed by atoms with Gasteiger partial charge in [-0.3, -0.25) is 9.79 Å². The van der Waals surface area contributed by atoms with Crippen molar-refractivity contribution in [1.82, 2.24) is 0 Å². The Labute approximate surface area is 239 Å². The van der Waals surface area contributed by atoms with E-state index in [-0.39, 0.29) is 30.0 Å². The number of halogens is 1. The molecule has 0 spiro atoms. The van der Waals surface area contributed by atoms with Gasteiger partial charge in [-0.1, -0.05) is 31.4 Å². The number of thioether (sulfide) groups is 1. The first kappa shape index (κ1) is 34.0. The smallest absolute Gasteiger partial charge is 0.330 e. The maximum absolute atomic E-state index is 13.8. The Hall–Kier alpha value is -2.25. The molecular formula is C28H45FN4O6S. The zero-order chi connectivity index (χ0) is 29.5. The van der Waals surface area contributed by atoms with E-state index >= 15 is 0 Å². The molecule has 0 heterocycles. The van der Waals surface area contributed by atoms with Crippen molar-refractivity contribution in [2.24, 2.45) is 34.0 Å². The Balaban J connectivity index is 1.61. The van der Waals surface area contributed by atoms with Gasteiger partial charge in [0, 0.05) is 23.6 Å². The molecule has 226 valence electrons. The predicted octanol–water partition coefficient (Wildman–Crippen LogP) is 2.21. The first-order chi connectivity index (χ1) is 19.1. The third-order valence-electron chi connectivity index (χ3n) is 7.28. The van der Waals surface area contributed by atoms with Crippen LogP contribution in [0.3, 0.4) is 0 Å². The first-order valence-electron chi connectivity index (χ1n) is 14.1. The van der Waals surface area contributed by atoms with Crippen molar-refractivity contribution in [3.8, 4) is 0 Å². The lowest BCUT2D eigenvalue weighted by Gasteiger charge is -2.24. The van der Waals surface area contributed by atoms with Crippen LogP contribution in [0.1, 0.15) is 70.6 Å². The van der Waals surface area contributed by atoms with Crippen LogP contribution in [0.4, 0.5) is 4.39 Å². The SMILES string of the molecule is NC(N)=NCCC[C@H](N)C(=O)OC(=O)CCCCCC[C@@H]1[C@@H](CC[C@@H](O)CSc2ccccc2F)[C@H](O)C[C@@H]1O. The lowest BCUT2D eigenvalue weighted by Crippen LogP contribution is -2.34. The second-order valence-electron chi connectivity index (χ2n) is 10.5. The number of guanidine groups is 1. The van der Waals surface area contributed by atoms with Gasteiger partial charge in [0.05, 0.1) is 18.3 Å². The Morgan fingerprint density at radius 1 is 1.02 bits per heavy atom. The highest BCUT2D eigenvalue weighted by Gasteiger charge is 2.40. The van der Waals surface area contributed by atoms with Crippen LogP contribution in [0.2, 0.25) is 0 Å². The summed E-state index contributed by atoms with van der Waals surface area (Å²) in [6, 6.07) is 5.53. The first-order valence-corrected chi connectivity index (χ1v) is 15.0. The van der Waals surface area contributed by atoms with Crippen LogP contribution in [0.15, 0.2) is 34.2 Å². The van der Waals surface area contributed by atoms with Crippen molar-refractivity contribution in [3.63, 3.8) is 0 Å². The number of nitrogens with two attached hydrogens (primary N) is 3. The molecular weight excluding hydrogens is 539 g/mol. The summed E-state index contributed by atoms with van der Waals surface area (Å²) in [5.41, 5.74) is 16.2. The Bertz CT molecular complexity index is 951. The average molecular weight is 585 g/mol. The lowest BCUT2D eigenvalue weighted by atomic mass is 9.85. The summed E-state index contributed by atoms with van der Waals surface area (Å²) in [6.07, 6.45) is 4.16. The standard InChI is InChI=1S/C28H45FN4O6S/c29-21-9-5-6-11-25(21)40-17-18(34)13-14-20-19(23(35)16-24(20)36)8-3-1-2-4-12-26(37)39-27(38)22(30)10-7-15-33-28(31)32/h5-6,9,11,18-20,22-24,34-36H,1-4,7-8,10,12-17,30H2,(H4,31,32,33)/t18-,19-,20-,22+,23+,24-/m1/s1. The summed E-state index contributed by atoms with van der Waals surface area (Å²) in [5, 5.41) is 31.4. The minimum Gasteiger partial charge on any atom is -0.393 e. The number of ether oxygens (including phenoxy) is 1. The summed E-state index contributed by atoms with van der Waals surface area (Å²) < 4.78 is 18.6. The van der Waals surface area contributed by atoms with Gasteiger partial charge in [-0.25, -0.2) is 9.18 Å². The monoisotopic (exact) mass is 584 g/mol. The van der Waals surface area contributed by atoms with Gasteiger partial charge in [-0.2, -0.15) is 0 Å². The molecule has 0 aromatic heterocycles. The van der Waals surface area contributed by atoms with E-state index < -0.39 is 36.3 Å². The molecule has 0 aliphatic heterocycles. The Morgan fingerprint density at radius 2 is 1.70 bits per heavy atom. The van der Waals surface area contributed by atoms with E-state index in [1.165, 1.54) is 17.8 Å². The quantitative estimate of drug-likeness (QED) is 0.0372. The zero-order valence-electron chi connectivity index (χ0n) is 23.0. The summed E-state index contributed by atoms with van der Waals surface area (Å²) >= 11 is 1.27. The molecule has 2 rings (SSSR count). The number of rotatable bonds is 18. The number of aliphatic imine (C=N–C) groups is 1. The number of carbonyl (C=O) groups is 2. The number of unbranched alkanes of at least 4 members (excludes halogenated alkanes) is 3. The molecule has 0 amide bonds. The molecule has 6 atom stereocenters. The topological polar surface area (TPSA) is 194 Å². The second kappa shape index (κ2) is 18.2. The van der Waals surface area contributed by atoms with Crippen LogP contribution in [-0.2, 0) is 14.3 Å². The zero-order valence-corrected chi connectivity index (χ0v) is 23.8. The lowest BCUT2D eigenvalue weighted by molar-refractivity contribution is -0.160.